The van der Waals surface area contributed by atoms with Gasteiger partial charge in [0.15, 0.2) is 5.13 Å². The zero-order valence-corrected chi connectivity index (χ0v) is 10.8. The number of amides is 3. The number of aromatic nitrogens is 1. The van der Waals surface area contributed by atoms with Gasteiger partial charge in [-0.15, -0.1) is 11.6 Å². The number of imide groups is 1. The fraction of sp³-hybridized carbons (Fsp3) is 0.182. The van der Waals surface area contributed by atoms with Gasteiger partial charge in [0.2, 0.25) is 5.91 Å². The molecule has 0 aliphatic heterocycles. The Kier molecular flexibility index (Phi) is 4.11. The summed E-state index contributed by atoms with van der Waals surface area (Å²) < 4.78 is 0.972. The summed E-state index contributed by atoms with van der Waals surface area (Å²) in [7, 11) is 0. The maximum Gasteiger partial charge on any atom is 0.327 e. The first kappa shape index (κ1) is 12.8. The van der Waals surface area contributed by atoms with Crippen molar-refractivity contribution in [2.24, 2.45) is 0 Å². The van der Waals surface area contributed by atoms with Gasteiger partial charge in [-0.05, 0) is 12.1 Å². The maximum absolute atomic E-state index is 11.5. The smallest absolute Gasteiger partial charge is 0.283 e. The summed E-state index contributed by atoms with van der Waals surface area (Å²) in [4.78, 5) is 26.8. The Morgan fingerprint density at radius 2 is 2.11 bits per heavy atom. The zero-order chi connectivity index (χ0) is 13.0. The van der Waals surface area contributed by atoms with E-state index in [1.807, 2.05) is 24.3 Å². The van der Waals surface area contributed by atoms with E-state index in [0.29, 0.717) is 5.13 Å². The topological polar surface area (TPSA) is 71.1 Å². The lowest BCUT2D eigenvalue weighted by molar-refractivity contribution is -0.119. The average molecular weight is 284 g/mol. The van der Waals surface area contributed by atoms with Crippen LogP contribution in [0.2, 0.25) is 0 Å². The van der Waals surface area contributed by atoms with E-state index in [0.717, 1.165) is 10.2 Å². The zero-order valence-electron chi connectivity index (χ0n) is 9.27. The highest BCUT2D eigenvalue weighted by atomic mass is 35.5. The van der Waals surface area contributed by atoms with Crippen LogP contribution < -0.4 is 10.6 Å². The Balaban J connectivity index is 2.00. The van der Waals surface area contributed by atoms with Crippen LogP contribution in [0.15, 0.2) is 24.3 Å². The number of halogens is 1. The van der Waals surface area contributed by atoms with Crippen molar-refractivity contribution in [1.29, 1.82) is 0 Å². The van der Waals surface area contributed by atoms with E-state index in [1.54, 1.807) is 0 Å². The van der Waals surface area contributed by atoms with Gasteiger partial charge in [0, 0.05) is 12.3 Å². The van der Waals surface area contributed by atoms with Crippen LogP contribution in [0.4, 0.5) is 9.93 Å². The first-order chi connectivity index (χ1) is 8.69. The van der Waals surface area contributed by atoms with Crippen LogP contribution in [-0.4, -0.2) is 22.8 Å². The number of carbonyl (C=O) groups is 2. The van der Waals surface area contributed by atoms with E-state index >= 15 is 0 Å². The SMILES string of the molecule is O=C(CCCl)NC(=O)Nc1nc2ccccc2s1. The lowest BCUT2D eigenvalue weighted by atomic mass is 10.3. The van der Waals surface area contributed by atoms with Crippen molar-refractivity contribution in [3.63, 3.8) is 0 Å². The number of fused-ring (bicyclic) bond motifs is 1. The van der Waals surface area contributed by atoms with Crippen molar-refractivity contribution in [3.05, 3.63) is 24.3 Å². The third kappa shape index (κ3) is 3.18. The van der Waals surface area contributed by atoms with Crippen LogP contribution in [-0.2, 0) is 4.79 Å². The fourth-order valence-electron chi connectivity index (χ4n) is 1.33. The second-order valence-electron chi connectivity index (χ2n) is 3.43. The maximum atomic E-state index is 11.5. The largest absolute Gasteiger partial charge is 0.327 e. The van der Waals surface area contributed by atoms with Gasteiger partial charge < -0.3 is 0 Å². The van der Waals surface area contributed by atoms with Gasteiger partial charge in [-0.25, -0.2) is 9.78 Å². The van der Waals surface area contributed by atoms with Crippen molar-refractivity contribution in [1.82, 2.24) is 10.3 Å². The van der Waals surface area contributed by atoms with Crippen LogP contribution in [0.5, 0.6) is 0 Å². The van der Waals surface area contributed by atoms with Gasteiger partial charge in [0.25, 0.3) is 0 Å². The molecular weight excluding hydrogens is 274 g/mol. The third-order valence-corrected chi connectivity index (χ3v) is 3.23. The molecule has 0 spiro atoms. The molecule has 0 radical (unpaired) electrons. The summed E-state index contributed by atoms with van der Waals surface area (Å²) in [5.74, 6) is -0.233. The highest BCUT2D eigenvalue weighted by molar-refractivity contribution is 7.22. The van der Waals surface area contributed by atoms with Crippen LogP contribution in [0, 0.1) is 0 Å². The number of carbonyl (C=O) groups excluding carboxylic acids is 2. The number of rotatable bonds is 3. The molecule has 2 N–H and O–H groups in total. The van der Waals surface area contributed by atoms with E-state index in [-0.39, 0.29) is 12.3 Å². The Hall–Kier alpha value is -1.66. The molecule has 1 heterocycles. The second-order valence-corrected chi connectivity index (χ2v) is 4.84. The Labute approximate surface area is 112 Å². The summed E-state index contributed by atoms with van der Waals surface area (Å²) in [5, 5.41) is 5.13. The van der Waals surface area contributed by atoms with E-state index in [2.05, 4.69) is 15.6 Å². The standard InChI is InChI=1S/C11H10ClN3O2S/c12-6-5-9(16)14-10(17)15-11-13-7-3-1-2-4-8(7)18-11/h1-4H,5-6H2,(H2,13,14,15,16,17). The van der Waals surface area contributed by atoms with Gasteiger partial charge in [0.05, 0.1) is 10.2 Å². The number of nitrogens with one attached hydrogen (secondary N) is 2. The highest BCUT2D eigenvalue weighted by Gasteiger charge is 2.09. The summed E-state index contributed by atoms with van der Waals surface area (Å²) in [6.07, 6.45) is 0.106. The first-order valence-corrected chi connectivity index (χ1v) is 6.56. The second kappa shape index (κ2) is 5.79. The Morgan fingerprint density at radius 1 is 1.33 bits per heavy atom. The number of hydrogen-bond donors (Lipinski definition) is 2. The van der Waals surface area contributed by atoms with E-state index in [1.165, 1.54) is 11.3 Å². The monoisotopic (exact) mass is 283 g/mol. The first-order valence-electron chi connectivity index (χ1n) is 5.21. The number of para-hydroxylation sites is 1. The van der Waals surface area contributed by atoms with Gasteiger partial charge in [-0.2, -0.15) is 0 Å². The normalized spacial score (nSPS) is 10.3. The minimum atomic E-state index is -0.593. The van der Waals surface area contributed by atoms with Gasteiger partial charge in [0.1, 0.15) is 0 Å². The number of alkyl halides is 1. The molecule has 0 bridgehead atoms. The quantitative estimate of drug-likeness (QED) is 0.851. The van der Waals surface area contributed by atoms with Crippen LogP contribution >= 0.6 is 22.9 Å². The highest BCUT2D eigenvalue weighted by Crippen LogP contribution is 2.25. The number of thiazole rings is 1. The number of benzene rings is 1. The minimum Gasteiger partial charge on any atom is -0.283 e. The average Bonchev–Trinajstić information content (AvgIpc) is 2.70. The van der Waals surface area contributed by atoms with Gasteiger partial charge in [-0.3, -0.25) is 15.4 Å². The van der Waals surface area contributed by atoms with Crippen molar-refractivity contribution < 1.29 is 9.59 Å². The summed E-state index contributed by atoms with van der Waals surface area (Å²) in [6, 6.07) is 6.94. The minimum absolute atomic E-state index is 0.106. The molecule has 1 aromatic heterocycles. The summed E-state index contributed by atoms with van der Waals surface area (Å²) >= 11 is 6.74. The third-order valence-electron chi connectivity index (χ3n) is 2.09. The molecule has 3 amide bonds. The molecule has 0 fully saturated rings. The molecule has 0 atom stereocenters. The molecule has 0 aliphatic carbocycles. The molecule has 94 valence electrons. The van der Waals surface area contributed by atoms with Crippen molar-refractivity contribution in [2.75, 3.05) is 11.2 Å². The van der Waals surface area contributed by atoms with Crippen molar-refractivity contribution >= 4 is 50.2 Å². The van der Waals surface area contributed by atoms with E-state index in [9.17, 15) is 9.59 Å². The van der Waals surface area contributed by atoms with Crippen LogP contribution in [0.25, 0.3) is 10.2 Å². The van der Waals surface area contributed by atoms with Gasteiger partial charge in [-0.1, -0.05) is 23.5 Å². The molecule has 18 heavy (non-hydrogen) atoms. The summed E-state index contributed by atoms with van der Waals surface area (Å²) in [5.41, 5.74) is 0.810. The van der Waals surface area contributed by atoms with Gasteiger partial charge >= 0.3 is 6.03 Å². The number of urea groups is 1. The molecule has 0 aliphatic rings. The lowest BCUT2D eigenvalue weighted by Gasteiger charge is -2.02. The summed E-state index contributed by atoms with van der Waals surface area (Å²) in [6.45, 7) is 0. The Bertz CT molecular complexity index is 551. The molecule has 0 unspecified atom stereocenters. The molecule has 5 nitrogen and oxygen atoms in total. The molecule has 2 rings (SSSR count). The Morgan fingerprint density at radius 3 is 2.83 bits per heavy atom. The number of anilines is 1. The number of hydrogen-bond acceptors (Lipinski definition) is 4. The molecule has 1 aromatic carbocycles. The fourth-order valence-corrected chi connectivity index (χ4v) is 2.36. The molecule has 2 aromatic rings. The van der Waals surface area contributed by atoms with Crippen molar-refractivity contribution in [3.8, 4) is 0 Å². The van der Waals surface area contributed by atoms with Crippen LogP contribution in [0.3, 0.4) is 0 Å². The van der Waals surface area contributed by atoms with E-state index < -0.39 is 11.9 Å². The molecule has 7 heteroatoms. The predicted molar refractivity (Wildman–Crippen MR) is 72.1 cm³/mol. The molecule has 0 saturated heterocycles. The molecular formula is C11H10ClN3O2S. The molecule has 0 saturated carbocycles. The lowest BCUT2D eigenvalue weighted by Crippen LogP contribution is -2.34. The predicted octanol–water partition coefficient (Wildman–Crippen LogP) is 2.57. The van der Waals surface area contributed by atoms with E-state index in [4.69, 9.17) is 11.6 Å². The number of nitrogens with zero attached hydrogens (tertiary/aromatic N) is 1. The van der Waals surface area contributed by atoms with Crippen LogP contribution in [0.1, 0.15) is 6.42 Å². The van der Waals surface area contributed by atoms with Crippen molar-refractivity contribution in [2.45, 2.75) is 6.42 Å².